The summed E-state index contributed by atoms with van der Waals surface area (Å²) in [5.41, 5.74) is 2.39. The first-order valence-corrected chi connectivity index (χ1v) is 18.4. The molecule has 10 atom stereocenters. The Morgan fingerprint density at radius 1 is 0.756 bits per heavy atom. The van der Waals surface area contributed by atoms with Crippen LogP contribution in [-0.4, -0.2) is 14.5 Å². The summed E-state index contributed by atoms with van der Waals surface area (Å²) in [4.78, 5) is 0.283. The van der Waals surface area contributed by atoms with Crippen molar-refractivity contribution >= 4 is 10.1 Å². The number of hydrogen-bond donors (Lipinski definition) is 0. The summed E-state index contributed by atoms with van der Waals surface area (Å²) >= 11 is 0. The molecule has 0 aliphatic heterocycles. The molecule has 0 spiro atoms. The van der Waals surface area contributed by atoms with Gasteiger partial charge in [0, 0.05) is 0 Å². The Balaban J connectivity index is 1.28. The summed E-state index contributed by atoms with van der Waals surface area (Å²) in [6.07, 6.45) is 12.5. The summed E-state index contributed by atoms with van der Waals surface area (Å²) in [6, 6.07) is 7.11. The topological polar surface area (TPSA) is 43.4 Å². The molecule has 0 N–H and O–H groups in total. The molecule has 41 heavy (non-hydrogen) atoms. The highest BCUT2D eigenvalue weighted by atomic mass is 32.2. The van der Waals surface area contributed by atoms with Gasteiger partial charge in [-0.25, -0.2) is 0 Å². The zero-order valence-corrected chi connectivity index (χ0v) is 28.4. The summed E-state index contributed by atoms with van der Waals surface area (Å²) in [7, 11) is -3.79. The number of fused-ring (bicyclic) bond motifs is 7. The highest BCUT2D eigenvalue weighted by Crippen LogP contribution is 2.77. The van der Waals surface area contributed by atoms with Crippen LogP contribution in [0.1, 0.15) is 125 Å². The first kappa shape index (κ1) is 30.2. The Kier molecular flexibility index (Phi) is 7.04. The molecule has 1 aromatic carbocycles. The average molecular weight is 583 g/mol. The number of rotatable bonds is 4. The number of aryl methyl sites for hydroxylation is 1. The third-order valence-electron chi connectivity index (χ3n) is 15.2. The molecule has 0 bridgehead atoms. The van der Waals surface area contributed by atoms with E-state index in [9.17, 15) is 8.42 Å². The van der Waals surface area contributed by atoms with Crippen LogP contribution in [0.4, 0.5) is 0 Å². The van der Waals surface area contributed by atoms with Crippen molar-refractivity contribution in [2.75, 3.05) is 0 Å². The molecular formula is C37H58O3S. The van der Waals surface area contributed by atoms with Crippen LogP contribution in [0, 0.1) is 69.5 Å². The van der Waals surface area contributed by atoms with E-state index in [0.29, 0.717) is 28.1 Å². The van der Waals surface area contributed by atoms with Gasteiger partial charge in [-0.15, -0.1) is 0 Å². The van der Waals surface area contributed by atoms with Crippen molar-refractivity contribution in [2.24, 2.45) is 62.6 Å². The molecule has 6 rings (SSSR count). The first-order valence-electron chi connectivity index (χ1n) is 17.0. The Morgan fingerprint density at radius 3 is 2.10 bits per heavy atom. The standard InChI is InChI=1S/C37H58O3S/c1-24(2)27-16-19-34(6)22-23-36(8)28(32(27)34)14-15-30-35(7)20-18-31(33(4,5)29(35)17-21-37(30,36)9)40-41(38,39)26-12-10-25(3)11-13-26/h10-13,24,27-32H,14-23H2,1-9H3. The van der Waals surface area contributed by atoms with Gasteiger partial charge < -0.3 is 0 Å². The minimum atomic E-state index is -3.79. The molecule has 0 radical (unpaired) electrons. The minimum absolute atomic E-state index is 0.191. The molecule has 1 aromatic rings. The zero-order chi connectivity index (χ0) is 29.8. The van der Waals surface area contributed by atoms with Crippen molar-refractivity contribution in [2.45, 2.75) is 138 Å². The summed E-state index contributed by atoms with van der Waals surface area (Å²) < 4.78 is 32.9. The average Bonchev–Trinajstić information content (AvgIpc) is 3.24. The van der Waals surface area contributed by atoms with Gasteiger partial charge in [-0.3, -0.25) is 4.18 Å². The van der Waals surface area contributed by atoms with E-state index in [1.807, 2.05) is 19.1 Å². The van der Waals surface area contributed by atoms with Crippen molar-refractivity contribution < 1.29 is 12.6 Å². The molecular weight excluding hydrogens is 524 g/mol. The normalized spacial score (nSPS) is 47.3. The van der Waals surface area contributed by atoms with Gasteiger partial charge >= 0.3 is 0 Å². The van der Waals surface area contributed by atoms with Crippen molar-refractivity contribution in [3.8, 4) is 0 Å². The lowest BCUT2D eigenvalue weighted by Gasteiger charge is -2.73. The lowest BCUT2D eigenvalue weighted by molar-refractivity contribution is -0.246. The van der Waals surface area contributed by atoms with E-state index in [2.05, 4.69) is 55.4 Å². The number of hydrogen-bond acceptors (Lipinski definition) is 3. The van der Waals surface area contributed by atoms with Crippen LogP contribution in [0.5, 0.6) is 0 Å². The van der Waals surface area contributed by atoms with E-state index in [-0.39, 0.29) is 21.8 Å². The molecule has 4 heteroatoms. The van der Waals surface area contributed by atoms with E-state index in [1.54, 1.807) is 12.1 Å². The Hall–Kier alpha value is -0.870. The zero-order valence-electron chi connectivity index (χ0n) is 27.6. The second-order valence-corrected chi connectivity index (χ2v) is 19.1. The molecule has 3 nitrogen and oxygen atoms in total. The Labute approximate surface area is 252 Å². The van der Waals surface area contributed by atoms with Gasteiger partial charge in [0.25, 0.3) is 10.1 Å². The van der Waals surface area contributed by atoms with Crippen LogP contribution in [0.25, 0.3) is 0 Å². The van der Waals surface area contributed by atoms with Gasteiger partial charge in [-0.05, 0) is 146 Å². The van der Waals surface area contributed by atoms with Crippen LogP contribution in [0.15, 0.2) is 29.2 Å². The van der Waals surface area contributed by atoms with Crippen molar-refractivity contribution in [1.29, 1.82) is 0 Å². The predicted molar refractivity (Wildman–Crippen MR) is 168 cm³/mol. The highest BCUT2D eigenvalue weighted by Gasteiger charge is 2.70. The summed E-state index contributed by atoms with van der Waals surface area (Å²) in [6.45, 7) is 22.3. The van der Waals surface area contributed by atoms with Crippen LogP contribution < -0.4 is 0 Å². The second kappa shape index (κ2) is 9.56. The van der Waals surface area contributed by atoms with Crippen LogP contribution in [0.3, 0.4) is 0 Å². The minimum Gasteiger partial charge on any atom is -0.262 e. The molecule has 0 saturated heterocycles. The van der Waals surface area contributed by atoms with Gasteiger partial charge in [0.1, 0.15) is 0 Å². The molecule has 5 aliphatic rings. The molecule has 5 aliphatic carbocycles. The van der Waals surface area contributed by atoms with Crippen molar-refractivity contribution in [3.05, 3.63) is 29.8 Å². The van der Waals surface area contributed by atoms with E-state index < -0.39 is 10.1 Å². The van der Waals surface area contributed by atoms with E-state index in [4.69, 9.17) is 4.18 Å². The fourth-order valence-electron chi connectivity index (χ4n) is 12.8. The predicted octanol–water partition coefficient (Wildman–Crippen LogP) is 9.83. The van der Waals surface area contributed by atoms with Gasteiger partial charge in [-0.1, -0.05) is 73.1 Å². The van der Waals surface area contributed by atoms with Crippen LogP contribution >= 0.6 is 0 Å². The molecule has 0 heterocycles. The second-order valence-electron chi connectivity index (χ2n) is 17.5. The summed E-state index contributed by atoms with van der Waals surface area (Å²) in [5.74, 6) is 4.59. The monoisotopic (exact) mass is 582 g/mol. The highest BCUT2D eigenvalue weighted by molar-refractivity contribution is 7.86. The fraction of sp³-hybridized carbons (Fsp3) is 0.838. The quantitative estimate of drug-likeness (QED) is 0.332. The SMILES string of the molecule is Cc1ccc(S(=O)(=O)OC2CCC3(C)C(CCC4(C)C3CCC3C5C(C(C)C)CCC5(C)CCC34C)C2(C)C)cc1. The lowest BCUT2D eigenvalue weighted by atomic mass is 9.32. The van der Waals surface area contributed by atoms with E-state index in [1.165, 1.54) is 51.4 Å². The van der Waals surface area contributed by atoms with Crippen LogP contribution in [-0.2, 0) is 14.3 Å². The van der Waals surface area contributed by atoms with E-state index in [0.717, 1.165) is 42.1 Å². The van der Waals surface area contributed by atoms with Crippen LogP contribution in [0.2, 0.25) is 0 Å². The third kappa shape index (κ3) is 4.22. The third-order valence-corrected chi connectivity index (χ3v) is 16.6. The van der Waals surface area contributed by atoms with Crippen molar-refractivity contribution in [3.63, 3.8) is 0 Å². The molecule has 0 aromatic heterocycles. The largest absolute Gasteiger partial charge is 0.297 e. The Morgan fingerprint density at radius 2 is 1.44 bits per heavy atom. The maximum absolute atomic E-state index is 13.4. The van der Waals surface area contributed by atoms with Gasteiger partial charge in [0.15, 0.2) is 0 Å². The number of benzene rings is 1. The lowest BCUT2D eigenvalue weighted by Crippen LogP contribution is -2.66. The molecule has 5 fully saturated rings. The summed E-state index contributed by atoms with van der Waals surface area (Å²) in [5, 5.41) is 0. The maximum Gasteiger partial charge on any atom is 0.297 e. The molecule has 230 valence electrons. The van der Waals surface area contributed by atoms with Gasteiger partial charge in [0.05, 0.1) is 11.0 Å². The van der Waals surface area contributed by atoms with Gasteiger partial charge in [0.2, 0.25) is 0 Å². The van der Waals surface area contributed by atoms with E-state index >= 15 is 0 Å². The smallest absolute Gasteiger partial charge is 0.262 e. The maximum atomic E-state index is 13.4. The molecule has 10 unspecified atom stereocenters. The Bertz CT molecular complexity index is 1270. The first-order chi connectivity index (χ1) is 19.0. The molecule has 5 saturated carbocycles. The van der Waals surface area contributed by atoms with Gasteiger partial charge in [-0.2, -0.15) is 8.42 Å². The fourth-order valence-corrected chi connectivity index (χ4v) is 14.0. The van der Waals surface area contributed by atoms with Crippen molar-refractivity contribution in [1.82, 2.24) is 0 Å². The molecule has 0 amide bonds.